The molecule has 0 saturated carbocycles. The van der Waals surface area contributed by atoms with E-state index >= 15 is 0 Å². The van der Waals surface area contributed by atoms with Crippen molar-refractivity contribution >= 4 is 34.8 Å². The van der Waals surface area contributed by atoms with Gasteiger partial charge in [0.2, 0.25) is 11.8 Å². The molecule has 0 bridgehead atoms. The van der Waals surface area contributed by atoms with Crippen molar-refractivity contribution in [3.05, 3.63) is 54.1 Å². The van der Waals surface area contributed by atoms with Crippen molar-refractivity contribution in [2.75, 3.05) is 22.5 Å². The van der Waals surface area contributed by atoms with E-state index in [9.17, 15) is 14.4 Å². The first kappa shape index (κ1) is 22.9. The fourth-order valence-corrected chi connectivity index (χ4v) is 2.46. The molecule has 0 saturated heterocycles. The highest BCUT2D eigenvalue weighted by atomic mass is 16.2. The maximum absolute atomic E-state index is 12.2. The molecule has 4 N–H and O–H groups in total. The third-order valence-electron chi connectivity index (χ3n) is 4.11. The highest BCUT2D eigenvalue weighted by molar-refractivity contribution is 5.97. The van der Waals surface area contributed by atoms with Crippen LogP contribution >= 0.6 is 0 Å². The number of hydrogen-bond donors (Lipinski definition) is 4. The second-order valence-electron chi connectivity index (χ2n) is 8.39. The smallest absolute Gasteiger partial charge is 0.251 e. The summed E-state index contributed by atoms with van der Waals surface area (Å²) in [7, 11) is 0. The van der Waals surface area contributed by atoms with Crippen molar-refractivity contribution in [2.45, 2.75) is 40.7 Å². The van der Waals surface area contributed by atoms with Gasteiger partial charge in [-0.1, -0.05) is 26.8 Å². The third kappa shape index (κ3) is 7.24. The summed E-state index contributed by atoms with van der Waals surface area (Å²) in [6.07, 6.45) is 0. The maximum atomic E-state index is 12.2. The van der Waals surface area contributed by atoms with E-state index in [-0.39, 0.29) is 30.3 Å². The van der Waals surface area contributed by atoms with Gasteiger partial charge in [0.25, 0.3) is 5.91 Å². The zero-order valence-electron chi connectivity index (χ0n) is 18.1. The number of anilines is 3. The number of amides is 3. The molecule has 0 atom stereocenters. The molecule has 160 valence electrons. The third-order valence-corrected chi connectivity index (χ3v) is 4.11. The van der Waals surface area contributed by atoms with E-state index in [0.29, 0.717) is 16.9 Å². The molecule has 30 heavy (non-hydrogen) atoms. The fraction of sp³-hybridized carbons (Fsp3) is 0.348. The average molecular weight is 411 g/mol. The molecule has 0 aromatic heterocycles. The molecule has 0 aliphatic heterocycles. The molecular weight excluding hydrogens is 380 g/mol. The van der Waals surface area contributed by atoms with Crippen molar-refractivity contribution < 1.29 is 14.4 Å². The zero-order valence-corrected chi connectivity index (χ0v) is 18.1. The molecule has 7 nitrogen and oxygen atoms in total. The Morgan fingerprint density at radius 2 is 1.50 bits per heavy atom. The van der Waals surface area contributed by atoms with Crippen LogP contribution in [0.3, 0.4) is 0 Å². The standard InChI is InChI=1S/C23H30N4O3/c1-15(2)25-21(29)16-9-11-17(12-10-16)26-20(28)14-24-18-7-6-8-19(13-18)27-22(30)23(3,4)5/h6-13,15,24H,14H2,1-5H3,(H,25,29)(H,26,28)(H,27,30). The molecule has 2 rings (SSSR count). The van der Waals surface area contributed by atoms with Crippen LogP contribution in [0.4, 0.5) is 17.1 Å². The van der Waals surface area contributed by atoms with Gasteiger partial charge >= 0.3 is 0 Å². The van der Waals surface area contributed by atoms with Crippen LogP contribution in [0.25, 0.3) is 0 Å². The van der Waals surface area contributed by atoms with Gasteiger partial charge in [-0.05, 0) is 56.3 Å². The van der Waals surface area contributed by atoms with Gasteiger partial charge in [-0.15, -0.1) is 0 Å². The van der Waals surface area contributed by atoms with Gasteiger partial charge in [0.05, 0.1) is 6.54 Å². The predicted molar refractivity (Wildman–Crippen MR) is 121 cm³/mol. The van der Waals surface area contributed by atoms with E-state index in [1.165, 1.54) is 0 Å². The van der Waals surface area contributed by atoms with Gasteiger partial charge in [0.15, 0.2) is 0 Å². The van der Waals surface area contributed by atoms with Crippen LogP contribution in [0.1, 0.15) is 45.0 Å². The summed E-state index contributed by atoms with van der Waals surface area (Å²) >= 11 is 0. The van der Waals surface area contributed by atoms with Gasteiger partial charge in [-0.2, -0.15) is 0 Å². The van der Waals surface area contributed by atoms with E-state index in [1.54, 1.807) is 42.5 Å². The minimum absolute atomic E-state index is 0.0586. The van der Waals surface area contributed by atoms with Crippen molar-refractivity contribution in [1.29, 1.82) is 0 Å². The Labute approximate surface area is 177 Å². The second-order valence-corrected chi connectivity index (χ2v) is 8.39. The normalized spacial score (nSPS) is 11.0. The van der Waals surface area contributed by atoms with Gasteiger partial charge in [0.1, 0.15) is 0 Å². The van der Waals surface area contributed by atoms with E-state index in [2.05, 4.69) is 21.3 Å². The lowest BCUT2D eigenvalue weighted by molar-refractivity contribution is -0.123. The zero-order chi connectivity index (χ0) is 22.3. The van der Waals surface area contributed by atoms with Crippen LogP contribution in [0.2, 0.25) is 0 Å². The summed E-state index contributed by atoms with van der Waals surface area (Å²) in [6.45, 7) is 9.39. The van der Waals surface area contributed by atoms with E-state index in [0.717, 1.165) is 5.69 Å². The SMILES string of the molecule is CC(C)NC(=O)c1ccc(NC(=O)CNc2cccc(NC(=O)C(C)(C)C)c2)cc1. The van der Waals surface area contributed by atoms with Crippen molar-refractivity contribution in [3.63, 3.8) is 0 Å². The quantitative estimate of drug-likeness (QED) is 0.557. The van der Waals surface area contributed by atoms with Crippen LogP contribution in [0, 0.1) is 5.41 Å². The highest BCUT2D eigenvalue weighted by Gasteiger charge is 2.21. The maximum Gasteiger partial charge on any atom is 0.251 e. The lowest BCUT2D eigenvalue weighted by atomic mass is 9.95. The molecule has 2 aromatic rings. The van der Waals surface area contributed by atoms with Crippen LogP contribution in [-0.2, 0) is 9.59 Å². The first-order valence-electron chi connectivity index (χ1n) is 9.91. The van der Waals surface area contributed by atoms with Gasteiger partial charge in [0, 0.05) is 34.1 Å². The average Bonchev–Trinajstić information content (AvgIpc) is 2.66. The molecule has 0 heterocycles. The Hall–Kier alpha value is -3.35. The minimum Gasteiger partial charge on any atom is -0.376 e. The summed E-state index contributed by atoms with van der Waals surface area (Å²) in [4.78, 5) is 36.3. The number of benzene rings is 2. The molecule has 0 aliphatic rings. The van der Waals surface area contributed by atoms with Gasteiger partial charge < -0.3 is 21.3 Å². The predicted octanol–water partition coefficient (Wildman–Crippen LogP) is 3.86. The largest absolute Gasteiger partial charge is 0.376 e. The Morgan fingerprint density at radius 3 is 2.10 bits per heavy atom. The number of carbonyl (C=O) groups is 3. The lowest BCUT2D eigenvalue weighted by Gasteiger charge is -2.18. The Bertz CT molecular complexity index is 899. The monoisotopic (exact) mass is 410 g/mol. The lowest BCUT2D eigenvalue weighted by Crippen LogP contribution is -2.30. The first-order chi connectivity index (χ1) is 14.0. The summed E-state index contributed by atoms with van der Waals surface area (Å²) in [5, 5.41) is 11.5. The highest BCUT2D eigenvalue weighted by Crippen LogP contribution is 2.20. The summed E-state index contributed by atoms with van der Waals surface area (Å²) in [5.41, 5.74) is 2.03. The summed E-state index contributed by atoms with van der Waals surface area (Å²) in [6, 6.07) is 14.0. The van der Waals surface area contributed by atoms with Crippen LogP contribution in [-0.4, -0.2) is 30.3 Å². The van der Waals surface area contributed by atoms with Crippen molar-refractivity contribution in [2.24, 2.45) is 5.41 Å². The summed E-state index contributed by atoms with van der Waals surface area (Å²) in [5.74, 6) is -0.454. The number of nitrogens with one attached hydrogen (secondary N) is 4. The van der Waals surface area contributed by atoms with Crippen molar-refractivity contribution in [1.82, 2.24) is 5.32 Å². The Kier molecular flexibility index (Phi) is 7.58. The van der Waals surface area contributed by atoms with Crippen molar-refractivity contribution in [3.8, 4) is 0 Å². The molecule has 0 fully saturated rings. The number of carbonyl (C=O) groups excluding carboxylic acids is 3. The minimum atomic E-state index is -0.492. The Balaban J connectivity index is 1.88. The van der Waals surface area contributed by atoms with E-state index in [4.69, 9.17) is 0 Å². The summed E-state index contributed by atoms with van der Waals surface area (Å²) < 4.78 is 0. The molecule has 0 radical (unpaired) electrons. The van der Waals surface area contributed by atoms with Gasteiger partial charge in [-0.3, -0.25) is 14.4 Å². The fourth-order valence-electron chi connectivity index (χ4n) is 2.46. The van der Waals surface area contributed by atoms with E-state index in [1.807, 2.05) is 40.7 Å². The van der Waals surface area contributed by atoms with Crippen LogP contribution in [0.5, 0.6) is 0 Å². The van der Waals surface area contributed by atoms with Gasteiger partial charge in [-0.25, -0.2) is 0 Å². The second kappa shape index (κ2) is 9.91. The number of rotatable bonds is 7. The molecule has 7 heteroatoms. The molecule has 0 aliphatic carbocycles. The molecular formula is C23H30N4O3. The Morgan fingerprint density at radius 1 is 0.867 bits per heavy atom. The number of hydrogen-bond acceptors (Lipinski definition) is 4. The molecule has 0 unspecified atom stereocenters. The molecule has 2 aromatic carbocycles. The first-order valence-corrected chi connectivity index (χ1v) is 9.91. The van der Waals surface area contributed by atoms with Crippen LogP contribution in [0.15, 0.2) is 48.5 Å². The van der Waals surface area contributed by atoms with Crippen LogP contribution < -0.4 is 21.3 Å². The molecule has 0 spiro atoms. The van der Waals surface area contributed by atoms with E-state index < -0.39 is 5.41 Å². The topological polar surface area (TPSA) is 99.3 Å². The molecule has 3 amide bonds.